The molecule has 7 rings (SSSR count). The van der Waals surface area contributed by atoms with Gasteiger partial charge in [0.2, 0.25) is 5.88 Å². The molecule has 4 fully saturated rings. The lowest BCUT2D eigenvalue weighted by Crippen LogP contribution is -2.63. The van der Waals surface area contributed by atoms with Crippen LogP contribution in [-0.2, 0) is 4.74 Å². The summed E-state index contributed by atoms with van der Waals surface area (Å²) in [5.74, 6) is 1.05. The lowest BCUT2D eigenvalue weighted by atomic mass is 9.95. The Labute approximate surface area is 231 Å². The molecule has 2 aromatic rings. The lowest BCUT2D eigenvalue weighted by Gasteiger charge is -2.46. The van der Waals surface area contributed by atoms with Crippen molar-refractivity contribution >= 4 is 34.4 Å². The van der Waals surface area contributed by atoms with Crippen LogP contribution >= 0.6 is 11.6 Å². The summed E-state index contributed by atoms with van der Waals surface area (Å²) < 4.78 is 32.6. The average Bonchev–Trinajstić information content (AvgIpc) is 3.45. The van der Waals surface area contributed by atoms with Crippen molar-refractivity contribution in [1.29, 1.82) is 0 Å². The van der Waals surface area contributed by atoms with Gasteiger partial charge >= 0.3 is 12.1 Å². The zero-order chi connectivity index (χ0) is 27.1. The molecule has 5 aliphatic heterocycles. The van der Waals surface area contributed by atoms with Crippen LogP contribution in [0.2, 0.25) is 5.15 Å². The largest absolute Gasteiger partial charge is 0.475 e. The van der Waals surface area contributed by atoms with E-state index in [1.54, 1.807) is 6.07 Å². The molecule has 0 unspecified atom stereocenters. The SMILES string of the molecule is CC(C)(C)OC(=O)N1[C@H]2CC[C@@H]1[C@@H]1COc3nc(Cl)cc4nc(OC[C@@]56CCCN5C[C@H](F)C6)nc(c34)N1C2. The van der Waals surface area contributed by atoms with Crippen LogP contribution in [0.15, 0.2) is 6.07 Å². The smallest absolute Gasteiger partial charge is 0.410 e. The van der Waals surface area contributed by atoms with E-state index in [2.05, 4.69) is 19.8 Å². The van der Waals surface area contributed by atoms with Crippen LogP contribution in [-0.4, -0.2) is 99.1 Å². The third-order valence-electron chi connectivity index (χ3n) is 8.87. The fraction of sp³-hybridized carbons (Fsp3) is 0.704. The fourth-order valence-electron chi connectivity index (χ4n) is 7.32. The van der Waals surface area contributed by atoms with Gasteiger partial charge in [-0.25, -0.2) is 14.2 Å². The van der Waals surface area contributed by atoms with Gasteiger partial charge in [0.25, 0.3) is 0 Å². The van der Waals surface area contributed by atoms with Gasteiger partial charge in [-0.2, -0.15) is 9.97 Å². The maximum Gasteiger partial charge on any atom is 0.410 e. The van der Waals surface area contributed by atoms with Crippen molar-refractivity contribution in [2.24, 2.45) is 0 Å². The van der Waals surface area contributed by atoms with E-state index in [-0.39, 0.29) is 40.9 Å². The molecule has 5 aliphatic rings. The second-order valence-electron chi connectivity index (χ2n) is 12.6. The highest BCUT2D eigenvalue weighted by Gasteiger charge is 2.52. The quantitative estimate of drug-likeness (QED) is 0.517. The summed E-state index contributed by atoms with van der Waals surface area (Å²) in [4.78, 5) is 33.6. The number of fused-ring (bicyclic) bond motifs is 6. The summed E-state index contributed by atoms with van der Waals surface area (Å²) in [7, 11) is 0. The summed E-state index contributed by atoms with van der Waals surface area (Å²) in [6.45, 7) is 8.23. The van der Waals surface area contributed by atoms with Gasteiger partial charge in [0.05, 0.1) is 29.2 Å². The van der Waals surface area contributed by atoms with Gasteiger partial charge < -0.3 is 19.1 Å². The molecule has 210 valence electrons. The molecule has 0 aromatic carbocycles. The number of piperazine rings is 1. The average molecular weight is 561 g/mol. The van der Waals surface area contributed by atoms with Crippen LogP contribution in [0.25, 0.3) is 10.9 Å². The number of aromatic nitrogens is 3. The number of hydrogen-bond donors (Lipinski definition) is 0. The topological polar surface area (TPSA) is 93.1 Å². The molecule has 4 saturated heterocycles. The highest BCUT2D eigenvalue weighted by atomic mass is 35.5. The Bertz CT molecular complexity index is 1330. The van der Waals surface area contributed by atoms with Crippen molar-refractivity contribution in [3.63, 3.8) is 0 Å². The maximum atomic E-state index is 14.3. The molecule has 0 aliphatic carbocycles. The number of ether oxygens (including phenoxy) is 3. The zero-order valence-electron chi connectivity index (χ0n) is 22.5. The standard InChI is InChI=1S/C27H34ClFN6O4/c1-26(2,3)39-25(36)35-16-5-6-18(35)19-13-37-23-21-17(9-20(28)31-23)30-24(32-22(21)34(19)12-16)38-14-27-7-4-8-33(27)11-15(29)10-27/h9,15-16,18-19H,4-8,10-14H2,1-3H3/t15-,16+,18-,19+,27+/m1/s1. The molecule has 2 aromatic heterocycles. The van der Waals surface area contributed by atoms with Crippen LogP contribution in [0.5, 0.6) is 11.9 Å². The molecule has 0 spiro atoms. The molecule has 39 heavy (non-hydrogen) atoms. The number of nitrogens with zero attached hydrogens (tertiary/aromatic N) is 6. The Morgan fingerprint density at radius 2 is 2.08 bits per heavy atom. The predicted octanol–water partition coefficient (Wildman–Crippen LogP) is 3.98. The van der Waals surface area contributed by atoms with Gasteiger partial charge in [0.15, 0.2) is 0 Å². The molecule has 5 atom stereocenters. The van der Waals surface area contributed by atoms with E-state index in [1.807, 2.05) is 25.7 Å². The van der Waals surface area contributed by atoms with Crippen molar-refractivity contribution < 1.29 is 23.4 Å². The number of rotatable bonds is 3. The Balaban J connectivity index is 1.23. The van der Waals surface area contributed by atoms with Crippen molar-refractivity contribution in [2.75, 3.05) is 37.7 Å². The number of hydrogen-bond acceptors (Lipinski definition) is 9. The second-order valence-corrected chi connectivity index (χ2v) is 12.9. The molecule has 0 radical (unpaired) electrons. The number of amides is 1. The molecular formula is C27H34ClFN6O4. The first-order chi connectivity index (χ1) is 18.6. The summed E-state index contributed by atoms with van der Waals surface area (Å²) in [6.07, 6.45) is 3.01. The van der Waals surface area contributed by atoms with Crippen molar-refractivity contribution in [3.05, 3.63) is 11.2 Å². The van der Waals surface area contributed by atoms with Gasteiger partial charge in [-0.3, -0.25) is 9.80 Å². The molecule has 7 heterocycles. The molecule has 2 bridgehead atoms. The van der Waals surface area contributed by atoms with E-state index in [0.717, 1.165) is 32.2 Å². The van der Waals surface area contributed by atoms with Gasteiger partial charge in [0.1, 0.15) is 41.3 Å². The summed E-state index contributed by atoms with van der Waals surface area (Å²) in [5, 5.41) is 0.950. The number of anilines is 1. The van der Waals surface area contributed by atoms with Crippen molar-refractivity contribution in [3.8, 4) is 11.9 Å². The van der Waals surface area contributed by atoms with Gasteiger partial charge in [0, 0.05) is 25.6 Å². The van der Waals surface area contributed by atoms with Crippen molar-refractivity contribution in [1.82, 2.24) is 24.8 Å². The Hall–Kier alpha value is -2.66. The van der Waals surface area contributed by atoms with Crippen LogP contribution in [0.1, 0.15) is 52.9 Å². The van der Waals surface area contributed by atoms with E-state index >= 15 is 0 Å². The molecule has 10 nitrogen and oxygen atoms in total. The molecule has 1 amide bonds. The van der Waals surface area contributed by atoms with E-state index < -0.39 is 11.8 Å². The Morgan fingerprint density at radius 1 is 1.23 bits per heavy atom. The van der Waals surface area contributed by atoms with Gasteiger partial charge in [-0.15, -0.1) is 0 Å². The number of alkyl halides is 1. The lowest BCUT2D eigenvalue weighted by molar-refractivity contribution is 0.00538. The minimum atomic E-state index is -0.835. The third-order valence-corrected chi connectivity index (χ3v) is 9.07. The van der Waals surface area contributed by atoms with Crippen LogP contribution in [0.4, 0.5) is 15.0 Å². The molecule has 12 heteroatoms. The summed E-state index contributed by atoms with van der Waals surface area (Å²) >= 11 is 6.37. The highest BCUT2D eigenvalue weighted by Crippen LogP contribution is 2.44. The van der Waals surface area contributed by atoms with Crippen LogP contribution in [0, 0.1) is 0 Å². The van der Waals surface area contributed by atoms with Crippen LogP contribution < -0.4 is 14.4 Å². The first-order valence-corrected chi connectivity index (χ1v) is 14.3. The normalized spacial score (nSPS) is 31.6. The number of halogens is 2. The molecule has 0 saturated carbocycles. The van der Waals surface area contributed by atoms with E-state index in [4.69, 9.17) is 30.8 Å². The molecule has 0 N–H and O–H groups in total. The van der Waals surface area contributed by atoms with Gasteiger partial charge in [-0.1, -0.05) is 11.6 Å². The third kappa shape index (κ3) is 4.23. The van der Waals surface area contributed by atoms with Crippen molar-refractivity contribution in [2.45, 2.75) is 88.3 Å². The maximum absolute atomic E-state index is 14.3. The van der Waals surface area contributed by atoms with E-state index in [0.29, 0.717) is 55.3 Å². The first kappa shape index (κ1) is 25.3. The van der Waals surface area contributed by atoms with Gasteiger partial charge in [-0.05, 0) is 53.0 Å². The minimum Gasteiger partial charge on any atom is -0.475 e. The van der Waals surface area contributed by atoms with E-state index in [9.17, 15) is 9.18 Å². The fourth-order valence-corrected chi connectivity index (χ4v) is 7.50. The zero-order valence-corrected chi connectivity index (χ0v) is 23.3. The number of carbonyl (C=O) groups is 1. The summed E-state index contributed by atoms with van der Waals surface area (Å²) in [6, 6.07) is 1.67. The Morgan fingerprint density at radius 3 is 2.90 bits per heavy atom. The molecular weight excluding hydrogens is 527 g/mol. The second kappa shape index (κ2) is 8.92. The summed E-state index contributed by atoms with van der Waals surface area (Å²) in [5.41, 5.74) is -0.301. The van der Waals surface area contributed by atoms with Crippen LogP contribution in [0.3, 0.4) is 0 Å². The highest BCUT2D eigenvalue weighted by molar-refractivity contribution is 6.30. The predicted molar refractivity (Wildman–Crippen MR) is 142 cm³/mol. The van der Waals surface area contributed by atoms with E-state index in [1.165, 1.54) is 0 Å². The number of pyridine rings is 1. The monoisotopic (exact) mass is 560 g/mol. The number of carbonyl (C=O) groups excluding carboxylic acids is 1. The first-order valence-electron chi connectivity index (χ1n) is 13.9. The Kier molecular flexibility index (Phi) is 5.79. The minimum absolute atomic E-state index is 0.0109.